The van der Waals surface area contributed by atoms with Gasteiger partial charge in [-0.1, -0.05) is 12.1 Å². The lowest BCUT2D eigenvalue weighted by molar-refractivity contribution is 0.210. The summed E-state index contributed by atoms with van der Waals surface area (Å²) in [6, 6.07) is 7.66. The number of rotatable bonds is 4. The fourth-order valence-electron chi connectivity index (χ4n) is 1.45. The molecule has 16 heavy (non-hydrogen) atoms. The molecule has 0 aliphatic rings. The molecular formula is C11H14N4O. The SMILES string of the molecule is COCCNc1nc(N)c2ccccc2n1. The van der Waals surface area contributed by atoms with Crippen LogP contribution in [-0.2, 0) is 4.74 Å². The largest absolute Gasteiger partial charge is 0.383 e. The van der Waals surface area contributed by atoms with E-state index in [1.165, 1.54) is 0 Å². The van der Waals surface area contributed by atoms with Crippen molar-refractivity contribution in [3.05, 3.63) is 24.3 Å². The summed E-state index contributed by atoms with van der Waals surface area (Å²) in [5.74, 6) is 1.03. The van der Waals surface area contributed by atoms with Crippen molar-refractivity contribution in [3.8, 4) is 0 Å². The molecule has 3 N–H and O–H groups in total. The van der Waals surface area contributed by atoms with Crippen molar-refractivity contribution >= 4 is 22.7 Å². The van der Waals surface area contributed by atoms with Crippen molar-refractivity contribution in [1.29, 1.82) is 0 Å². The molecule has 5 nitrogen and oxygen atoms in total. The zero-order chi connectivity index (χ0) is 11.4. The van der Waals surface area contributed by atoms with Gasteiger partial charge >= 0.3 is 0 Å². The van der Waals surface area contributed by atoms with E-state index in [-0.39, 0.29) is 0 Å². The van der Waals surface area contributed by atoms with Gasteiger partial charge in [0.1, 0.15) is 5.82 Å². The van der Waals surface area contributed by atoms with Gasteiger partial charge in [0, 0.05) is 19.0 Å². The minimum absolute atomic E-state index is 0.491. The predicted molar refractivity (Wildman–Crippen MR) is 64.3 cm³/mol. The summed E-state index contributed by atoms with van der Waals surface area (Å²) in [6.07, 6.45) is 0. The molecule has 0 aliphatic heterocycles. The maximum absolute atomic E-state index is 5.84. The Balaban J connectivity index is 2.27. The van der Waals surface area contributed by atoms with Crippen LogP contribution in [0, 0.1) is 0 Å². The lowest BCUT2D eigenvalue weighted by Crippen LogP contribution is -2.11. The van der Waals surface area contributed by atoms with Gasteiger partial charge in [0.05, 0.1) is 12.1 Å². The van der Waals surface area contributed by atoms with Crippen LogP contribution >= 0.6 is 0 Å². The Morgan fingerprint density at radius 2 is 2.12 bits per heavy atom. The van der Waals surface area contributed by atoms with Crippen LogP contribution in [0.2, 0.25) is 0 Å². The van der Waals surface area contributed by atoms with Crippen molar-refractivity contribution in [2.24, 2.45) is 0 Å². The normalized spacial score (nSPS) is 10.6. The van der Waals surface area contributed by atoms with Crippen LogP contribution in [0.1, 0.15) is 0 Å². The van der Waals surface area contributed by atoms with E-state index in [1.54, 1.807) is 7.11 Å². The Labute approximate surface area is 93.7 Å². The fourth-order valence-corrected chi connectivity index (χ4v) is 1.45. The van der Waals surface area contributed by atoms with Crippen molar-refractivity contribution in [2.75, 3.05) is 31.3 Å². The number of fused-ring (bicyclic) bond motifs is 1. The van der Waals surface area contributed by atoms with Crippen LogP contribution in [0.5, 0.6) is 0 Å². The Bertz CT molecular complexity index is 486. The Morgan fingerprint density at radius 1 is 1.31 bits per heavy atom. The molecule has 0 unspecified atom stereocenters. The van der Waals surface area contributed by atoms with E-state index in [0.29, 0.717) is 24.9 Å². The Hall–Kier alpha value is -1.88. The third-order valence-corrected chi connectivity index (χ3v) is 2.22. The van der Waals surface area contributed by atoms with E-state index >= 15 is 0 Å². The molecule has 84 valence electrons. The van der Waals surface area contributed by atoms with Gasteiger partial charge in [0.2, 0.25) is 5.95 Å². The molecule has 1 aromatic carbocycles. The molecule has 0 saturated carbocycles. The molecule has 0 bridgehead atoms. The van der Waals surface area contributed by atoms with Gasteiger partial charge in [-0.15, -0.1) is 0 Å². The minimum Gasteiger partial charge on any atom is -0.383 e. The molecule has 0 amide bonds. The molecule has 0 aliphatic carbocycles. The van der Waals surface area contributed by atoms with Gasteiger partial charge in [-0.25, -0.2) is 4.98 Å². The molecular weight excluding hydrogens is 204 g/mol. The molecule has 0 spiro atoms. The summed E-state index contributed by atoms with van der Waals surface area (Å²) in [5.41, 5.74) is 6.68. The van der Waals surface area contributed by atoms with E-state index in [4.69, 9.17) is 10.5 Å². The highest BCUT2D eigenvalue weighted by Gasteiger charge is 2.03. The molecule has 1 heterocycles. The summed E-state index contributed by atoms with van der Waals surface area (Å²) in [5, 5.41) is 3.93. The summed E-state index contributed by atoms with van der Waals surface area (Å²) in [4.78, 5) is 8.52. The first-order chi connectivity index (χ1) is 7.81. The van der Waals surface area contributed by atoms with Gasteiger partial charge in [0.15, 0.2) is 0 Å². The smallest absolute Gasteiger partial charge is 0.225 e. The number of nitrogen functional groups attached to an aromatic ring is 1. The highest BCUT2D eigenvalue weighted by molar-refractivity contribution is 5.88. The maximum Gasteiger partial charge on any atom is 0.225 e. The van der Waals surface area contributed by atoms with Crippen LogP contribution in [-0.4, -0.2) is 30.2 Å². The third kappa shape index (κ3) is 2.20. The van der Waals surface area contributed by atoms with E-state index in [9.17, 15) is 0 Å². The van der Waals surface area contributed by atoms with Crippen LogP contribution < -0.4 is 11.1 Å². The van der Waals surface area contributed by atoms with Crippen molar-refractivity contribution < 1.29 is 4.74 Å². The second-order valence-corrected chi connectivity index (χ2v) is 3.37. The van der Waals surface area contributed by atoms with Crippen LogP contribution in [0.15, 0.2) is 24.3 Å². The van der Waals surface area contributed by atoms with Gasteiger partial charge < -0.3 is 15.8 Å². The van der Waals surface area contributed by atoms with E-state index in [0.717, 1.165) is 10.9 Å². The van der Waals surface area contributed by atoms with Gasteiger partial charge in [0.25, 0.3) is 0 Å². The molecule has 5 heteroatoms. The predicted octanol–water partition coefficient (Wildman–Crippen LogP) is 1.27. The zero-order valence-corrected chi connectivity index (χ0v) is 9.10. The number of para-hydroxylation sites is 1. The molecule has 2 aromatic rings. The monoisotopic (exact) mass is 218 g/mol. The van der Waals surface area contributed by atoms with Gasteiger partial charge in [-0.05, 0) is 12.1 Å². The fraction of sp³-hybridized carbons (Fsp3) is 0.273. The zero-order valence-electron chi connectivity index (χ0n) is 9.10. The van der Waals surface area contributed by atoms with Crippen molar-refractivity contribution in [2.45, 2.75) is 0 Å². The topological polar surface area (TPSA) is 73.1 Å². The number of ether oxygens (including phenoxy) is 1. The molecule has 0 saturated heterocycles. The number of hydrogen-bond acceptors (Lipinski definition) is 5. The molecule has 1 aromatic heterocycles. The lowest BCUT2D eigenvalue weighted by Gasteiger charge is -2.06. The average molecular weight is 218 g/mol. The number of nitrogens with two attached hydrogens (primary N) is 1. The van der Waals surface area contributed by atoms with Gasteiger partial charge in [-0.3, -0.25) is 0 Å². The molecule has 2 rings (SSSR count). The van der Waals surface area contributed by atoms with Crippen molar-refractivity contribution in [3.63, 3.8) is 0 Å². The number of nitrogens with zero attached hydrogens (tertiary/aromatic N) is 2. The highest BCUT2D eigenvalue weighted by Crippen LogP contribution is 2.18. The number of nitrogens with one attached hydrogen (secondary N) is 1. The second-order valence-electron chi connectivity index (χ2n) is 3.37. The maximum atomic E-state index is 5.84. The first-order valence-electron chi connectivity index (χ1n) is 5.06. The summed E-state index contributed by atoms with van der Waals surface area (Å²) < 4.78 is 4.93. The van der Waals surface area contributed by atoms with Crippen molar-refractivity contribution in [1.82, 2.24) is 9.97 Å². The first-order valence-corrected chi connectivity index (χ1v) is 5.06. The number of methoxy groups -OCH3 is 1. The van der Waals surface area contributed by atoms with E-state index in [1.807, 2.05) is 24.3 Å². The number of benzene rings is 1. The first kappa shape index (κ1) is 10.6. The lowest BCUT2D eigenvalue weighted by atomic mass is 10.2. The quantitative estimate of drug-likeness (QED) is 0.756. The second kappa shape index (κ2) is 4.76. The third-order valence-electron chi connectivity index (χ3n) is 2.22. The highest BCUT2D eigenvalue weighted by atomic mass is 16.5. The van der Waals surface area contributed by atoms with E-state index < -0.39 is 0 Å². The molecule has 0 fully saturated rings. The number of aromatic nitrogens is 2. The average Bonchev–Trinajstić information content (AvgIpc) is 2.30. The Morgan fingerprint density at radius 3 is 2.94 bits per heavy atom. The standard InChI is InChI=1S/C11H14N4O/c1-16-7-6-13-11-14-9-5-3-2-4-8(9)10(12)15-11/h2-5H,6-7H2,1H3,(H3,12,13,14,15). The molecule has 0 atom stereocenters. The van der Waals surface area contributed by atoms with E-state index in [2.05, 4.69) is 15.3 Å². The van der Waals surface area contributed by atoms with Crippen LogP contribution in [0.4, 0.5) is 11.8 Å². The minimum atomic E-state index is 0.491. The number of hydrogen-bond donors (Lipinski definition) is 2. The Kier molecular flexibility index (Phi) is 3.16. The van der Waals surface area contributed by atoms with Crippen LogP contribution in [0.25, 0.3) is 10.9 Å². The summed E-state index contributed by atoms with van der Waals surface area (Å²) in [7, 11) is 1.65. The number of anilines is 2. The van der Waals surface area contributed by atoms with Gasteiger partial charge in [-0.2, -0.15) is 4.98 Å². The summed E-state index contributed by atoms with van der Waals surface area (Å²) >= 11 is 0. The van der Waals surface area contributed by atoms with Crippen LogP contribution in [0.3, 0.4) is 0 Å². The summed E-state index contributed by atoms with van der Waals surface area (Å²) in [6.45, 7) is 1.27. The molecule has 0 radical (unpaired) electrons.